The third kappa shape index (κ3) is 3.94. The maximum absolute atomic E-state index is 12.0. The molecule has 0 fully saturated rings. The van der Waals surface area contributed by atoms with Crippen molar-refractivity contribution < 1.29 is 9.32 Å². The Bertz CT molecular complexity index is 583. The molecule has 0 aromatic carbocycles. The topological polar surface area (TPSA) is 92.9 Å². The zero-order chi connectivity index (χ0) is 14.5. The van der Waals surface area contributed by atoms with Crippen molar-refractivity contribution in [3.8, 4) is 0 Å². The van der Waals surface area contributed by atoms with Gasteiger partial charge in [0.1, 0.15) is 5.76 Å². The first kappa shape index (κ1) is 14.8. The fraction of sp³-hybridized carbons (Fsp3) is 0.455. The zero-order valence-electron chi connectivity index (χ0n) is 11.3. The summed E-state index contributed by atoms with van der Waals surface area (Å²) in [6, 6.07) is 1.67. The summed E-state index contributed by atoms with van der Waals surface area (Å²) >= 11 is 2.79. The number of thioether (sulfide) groups is 1. The van der Waals surface area contributed by atoms with E-state index in [4.69, 9.17) is 4.52 Å². The normalized spacial score (nSPS) is 12.2. The van der Waals surface area contributed by atoms with E-state index in [1.807, 2.05) is 6.92 Å². The Morgan fingerprint density at radius 1 is 1.55 bits per heavy atom. The smallest absolute Gasteiger partial charge is 0.238 e. The van der Waals surface area contributed by atoms with Crippen LogP contribution in [-0.2, 0) is 4.79 Å². The average molecular weight is 313 g/mol. The van der Waals surface area contributed by atoms with Gasteiger partial charge < -0.3 is 15.2 Å². The number of aromatic nitrogens is 3. The molecular formula is C11H15N5O2S2. The molecule has 2 aromatic heterocycles. The minimum Gasteiger partial charge on any atom is -0.360 e. The molecule has 0 aliphatic rings. The summed E-state index contributed by atoms with van der Waals surface area (Å²) in [5.41, 5.74) is 0. The van der Waals surface area contributed by atoms with Gasteiger partial charge in [0.2, 0.25) is 11.0 Å². The lowest BCUT2D eigenvalue weighted by molar-refractivity contribution is -0.115. The summed E-state index contributed by atoms with van der Waals surface area (Å²) in [5, 5.41) is 18.0. The quantitative estimate of drug-likeness (QED) is 0.791. The Labute approximate surface area is 124 Å². The molecule has 0 saturated carbocycles. The molecule has 1 atom stereocenters. The van der Waals surface area contributed by atoms with E-state index < -0.39 is 0 Å². The summed E-state index contributed by atoms with van der Waals surface area (Å²) < 4.78 is 5.64. The van der Waals surface area contributed by atoms with Crippen LogP contribution in [0.5, 0.6) is 0 Å². The Morgan fingerprint density at radius 3 is 3.00 bits per heavy atom. The molecule has 9 heteroatoms. The van der Waals surface area contributed by atoms with Crippen LogP contribution in [0.4, 0.5) is 10.9 Å². The van der Waals surface area contributed by atoms with Crippen LogP contribution >= 0.6 is 23.1 Å². The molecule has 2 heterocycles. The molecule has 0 radical (unpaired) electrons. The number of carbonyl (C=O) groups is 1. The number of hydrogen-bond donors (Lipinski definition) is 2. The molecule has 2 N–H and O–H groups in total. The van der Waals surface area contributed by atoms with Crippen molar-refractivity contribution in [3.63, 3.8) is 0 Å². The summed E-state index contributed by atoms with van der Waals surface area (Å²) in [7, 11) is 0. The summed E-state index contributed by atoms with van der Waals surface area (Å²) in [4.78, 5) is 12.0. The van der Waals surface area contributed by atoms with E-state index in [0.29, 0.717) is 11.6 Å². The molecular weight excluding hydrogens is 298 g/mol. The average Bonchev–Trinajstić information content (AvgIpc) is 2.99. The van der Waals surface area contributed by atoms with Crippen LogP contribution in [0.15, 0.2) is 14.9 Å². The standard InChI is InChI=1S/C11H15N5O2S2/c1-4-12-10-14-15-11(20-10)19-7(3)9(17)13-8-5-6(2)18-16-8/h5,7H,4H2,1-3H3,(H,12,14)(H,13,16,17). The van der Waals surface area contributed by atoms with E-state index in [1.54, 1.807) is 19.9 Å². The zero-order valence-corrected chi connectivity index (χ0v) is 13.0. The Kier molecular flexibility index (Phi) is 4.96. The number of rotatable bonds is 6. The van der Waals surface area contributed by atoms with Crippen LogP contribution in [0, 0.1) is 6.92 Å². The molecule has 108 valence electrons. The number of amides is 1. The second-order valence-electron chi connectivity index (χ2n) is 3.98. The van der Waals surface area contributed by atoms with Gasteiger partial charge in [-0.1, -0.05) is 28.3 Å². The second kappa shape index (κ2) is 6.71. The summed E-state index contributed by atoms with van der Waals surface area (Å²) in [6.45, 7) is 6.36. The van der Waals surface area contributed by atoms with Gasteiger partial charge in [-0.05, 0) is 20.8 Å². The molecule has 1 unspecified atom stereocenters. The summed E-state index contributed by atoms with van der Waals surface area (Å²) in [6.07, 6.45) is 0. The highest BCUT2D eigenvalue weighted by molar-refractivity contribution is 8.02. The minimum absolute atomic E-state index is 0.150. The van der Waals surface area contributed by atoms with E-state index in [0.717, 1.165) is 16.0 Å². The Morgan fingerprint density at radius 2 is 2.35 bits per heavy atom. The lowest BCUT2D eigenvalue weighted by atomic mass is 10.4. The van der Waals surface area contributed by atoms with Crippen molar-refractivity contribution in [2.75, 3.05) is 17.2 Å². The van der Waals surface area contributed by atoms with Crippen LogP contribution in [0.25, 0.3) is 0 Å². The van der Waals surface area contributed by atoms with E-state index in [9.17, 15) is 4.79 Å². The fourth-order valence-corrected chi connectivity index (χ4v) is 3.30. The van der Waals surface area contributed by atoms with Gasteiger partial charge >= 0.3 is 0 Å². The molecule has 2 rings (SSSR count). The number of nitrogens with one attached hydrogen (secondary N) is 2. The monoisotopic (exact) mass is 313 g/mol. The number of hydrogen-bond acceptors (Lipinski definition) is 8. The molecule has 0 bridgehead atoms. The maximum atomic E-state index is 12.0. The number of nitrogens with zero attached hydrogens (tertiary/aromatic N) is 3. The lowest BCUT2D eigenvalue weighted by Crippen LogP contribution is -2.22. The van der Waals surface area contributed by atoms with Gasteiger partial charge in [-0.3, -0.25) is 4.79 Å². The van der Waals surface area contributed by atoms with Crippen molar-refractivity contribution in [2.45, 2.75) is 30.4 Å². The second-order valence-corrected chi connectivity index (χ2v) is 6.54. The van der Waals surface area contributed by atoms with Crippen LogP contribution in [-0.4, -0.2) is 33.1 Å². The van der Waals surface area contributed by atoms with Gasteiger partial charge in [0.15, 0.2) is 10.2 Å². The molecule has 0 aliphatic heterocycles. The van der Waals surface area contributed by atoms with E-state index in [1.165, 1.54) is 23.1 Å². The third-order valence-corrected chi connectivity index (χ3v) is 4.33. The van der Waals surface area contributed by atoms with Crippen LogP contribution in [0.3, 0.4) is 0 Å². The van der Waals surface area contributed by atoms with Crippen molar-refractivity contribution in [2.24, 2.45) is 0 Å². The van der Waals surface area contributed by atoms with Gasteiger partial charge in [-0.25, -0.2) is 0 Å². The highest BCUT2D eigenvalue weighted by Crippen LogP contribution is 2.29. The predicted octanol–water partition coefficient (Wildman–Crippen LogP) is 2.39. The minimum atomic E-state index is -0.297. The Hall–Kier alpha value is -1.61. The molecule has 20 heavy (non-hydrogen) atoms. The maximum Gasteiger partial charge on any atom is 0.238 e. The van der Waals surface area contributed by atoms with Crippen molar-refractivity contribution in [1.29, 1.82) is 0 Å². The van der Waals surface area contributed by atoms with Gasteiger partial charge in [0.25, 0.3) is 0 Å². The number of anilines is 2. The first-order chi connectivity index (χ1) is 9.58. The molecule has 2 aromatic rings. The largest absolute Gasteiger partial charge is 0.360 e. The highest BCUT2D eigenvalue weighted by atomic mass is 32.2. The van der Waals surface area contributed by atoms with Crippen molar-refractivity contribution >= 4 is 40.0 Å². The van der Waals surface area contributed by atoms with Crippen LogP contribution < -0.4 is 10.6 Å². The molecule has 0 aliphatic carbocycles. The third-order valence-electron chi connectivity index (χ3n) is 2.26. The van der Waals surface area contributed by atoms with Crippen LogP contribution in [0.2, 0.25) is 0 Å². The molecule has 7 nitrogen and oxygen atoms in total. The van der Waals surface area contributed by atoms with Gasteiger partial charge in [0, 0.05) is 12.6 Å². The van der Waals surface area contributed by atoms with Crippen molar-refractivity contribution in [1.82, 2.24) is 15.4 Å². The fourth-order valence-electron chi connectivity index (χ4n) is 1.34. The highest BCUT2D eigenvalue weighted by Gasteiger charge is 2.18. The van der Waals surface area contributed by atoms with Crippen LogP contribution in [0.1, 0.15) is 19.6 Å². The van der Waals surface area contributed by atoms with Gasteiger partial charge in [0.05, 0.1) is 5.25 Å². The van der Waals surface area contributed by atoms with Gasteiger partial charge in [-0.15, -0.1) is 10.2 Å². The first-order valence-electron chi connectivity index (χ1n) is 6.06. The molecule has 1 amide bonds. The molecule has 0 spiro atoms. The predicted molar refractivity (Wildman–Crippen MR) is 79.3 cm³/mol. The van der Waals surface area contributed by atoms with E-state index >= 15 is 0 Å². The number of aryl methyl sites for hydroxylation is 1. The van der Waals surface area contributed by atoms with Gasteiger partial charge in [-0.2, -0.15) is 0 Å². The SMILES string of the molecule is CCNc1nnc(SC(C)C(=O)Nc2cc(C)on2)s1. The first-order valence-corrected chi connectivity index (χ1v) is 7.76. The number of carbonyl (C=O) groups excluding carboxylic acids is 1. The lowest BCUT2D eigenvalue weighted by Gasteiger charge is -2.07. The van der Waals surface area contributed by atoms with E-state index in [2.05, 4.69) is 26.0 Å². The van der Waals surface area contributed by atoms with E-state index in [-0.39, 0.29) is 11.2 Å². The Balaban J connectivity index is 1.89. The summed E-state index contributed by atoms with van der Waals surface area (Å²) in [5.74, 6) is 0.925. The van der Waals surface area contributed by atoms with Crippen molar-refractivity contribution in [3.05, 3.63) is 11.8 Å². The molecule has 0 saturated heterocycles.